The van der Waals surface area contributed by atoms with Gasteiger partial charge in [-0.3, -0.25) is 9.59 Å². The number of nitrogens with one attached hydrogen (secondary N) is 1. The van der Waals surface area contributed by atoms with Gasteiger partial charge in [-0.1, -0.05) is 72.3 Å². The number of hydrogen-bond donors (Lipinski definition) is 1. The average molecular weight is 471 g/mol. The van der Waals surface area contributed by atoms with Gasteiger partial charge in [0, 0.05) is 34.4 Å². The summed E-state index contributed by atoms with van der Waals surface area (Å²) >= 11 is 6.17. The molecule has 3 aromatic carbocycles. The third kappa shape index (κ3) is 4.08. The highest BCUT2D eigenvalue weighted by Gasteiger charge is 2.17. The quantitative estimate of drug-likeness (QED) is 0.392. The number of carbonyl (C=O) groups excluding carboxylic acids is 1. The van der Waals surface area contributed by atoms with Gasteiger partial charge < -0.3 is 9.88 Å². The molecule has 1 amide bonds. The lowest BCUT2D eigenvalue weighted by Crippen LogP contribution is -2.34. The summed E-state index contributed by atoms with van der Waals surface area (Å²) in [5, 5.41) is 9.46. The van der Waals surface area contributed by atoms with Gasteiger partial charge in [0.05, 0.1) is 6.20 Å². The first kappa shape index (κ1) is 21.9. The van der Waals surface area contributed by atoms with E-state index in [1.165, 1.54) is 4.68 Å². The molecule has 170 valence electrons. The number of fused-ring (bicyclic) bond motifs is 3. The van der Waals surface area contributed by atoms with Crippen molar-refractivity contribution in [1.82, 2.24) is 19.7 Å². The second-order valence-electron chi connectivity index (χ2n) is 8.27. The monoisotopic (exact) mass is 470 g/mol. The Bertz CT molecular complexity index is 1590. The molecule has 0 aliphatic rings. The zero-order chi connectivity index (χ0) is 23.7. The highest BCUT2D eigenvalue weighted by atomic mass is 35.5. The number of aryl methyl sites for hydroxylation is 1. The number of amides is 1. The van der Waals surface area contributed by atoms with Gasteiger partial charge in [-0.25, -0.2) is 4.68 Å². The second kappa shape index (κ2) is 9.15. The third-order valence-corrected chi connectivity index (χ3v) is 6.46. The lowest BCUT2D eigenvalue weighted by atomic mass is 10.1. The van der Waals surface area contributed by atoms with Crippen LogP contribution < -0.4 is 10.9 Å². The summed E-state index contributed by atoms with van der Waals surface area (Å²) in [7, 11) is 0. The molecular formula is C27H23ClN4O2. The van der Waals surface area contributed by atoms with Crippen molar-refractivity contribution in [3.63, 3.8) is 0 Å². The van der Waals surface area contributed by atoms with Crippen LogP contribution in [0.3, 0.4) is 0 Å². The first-order chi connectivity index (χ1) is 16.5. The summed E-state index contributed by atoms with van der Waals surface area (Å²) in [6.45, 7) is 2.72. The number of nitrogens with zero attached hydrogens (tertiary/aromatic N) is 3. The maximum Gasteiger partial charge on any atom is 0.291 e. The van der Waals surface area contributed by atoms with Crippen molar-refractivity contribution in [1.29, 1.82) is 0 Å². The third-order valence-electron chi connectivity index (χ3n) is 6.09. The first-order valence-electron chi connectivity index (χ1n) is 11.0. The molecule has 0 radical (unpaired) electrons. The molecule has 1 N–H and O–H groups in total. The lowest BCUT2D eigenvalue weighted by Gasteiger charge is -2.11. The minimum Gasteiger partial charge on any atom is -0.350 e. The fraction of sp³-hybridized carbons (Fsp3) is 0.148. The molecule has 2 aromatic heterocycles. The molecule has 0 atom stereocenters. The number of hydrogen-bond acceptors (Lipinski definition) is 3. The predicted octanol–water partition coefficient (Wildman–Crippen LogP) is 4.68. The lowest BCUT2D eigenvalue weighted by molar-refractivity contribution is -0.122. The van der Waals surface area contributed by atoms with E-state index in [0.717, 1.165) is 33.0 Å². The molecule has 0 unspecified atom stereocenters. The van der Waals surface area contributed by atoms with Crippen LogP contribution in [-0.4, -0.2) is 20.3 Å². The molecule has 6 nitrogen and oxygen atoms in total. The Hall–Kier alpha value is -3.90. The van der Waals surface area contributed by atoms with E-state index < -0.39 is 0 Å². The molecule has 7 heteroatoms. The number of carbonyl (C=O) groups is 1. The van der Waals surface area contributed by atoms with Crippen LogP contribution in [0.2, 0.25) is 5.02 Å². The maximum absolute atomic E-state index is 13.5. The van der Waals surface area contributed by atoms with Gasteiger partial charge >= 0.3 is 0 Å². The van der Waals surface area contributed by atoms with Crippen LogP contribution in [0, 0.1) is 6.92 Å². The summed E-state index contributed by atoms with van der Waals surface area (Å²) in [5.41, 5.74) is 4.30. The van der Waals surface area contributed by atoms with E-state index in [0.29, 0.717) is 17.1 Å². The number of aromatic nitrogens is 3. The smallest absolute Gasteiger partial charge is 0.291 e. The van der Waals surface area contributed by atoms with Crippen molar-refractivity contribution in [2.45, 2.75) is 26.6 Å². The predicted molar refractivity (Wildman–Crippen MR) is 135 cm³/mol. The van der Waals surface area contributed by atoms with Gasteiger partial charge in [0.25, 0.3) is 5.56 Å². The van der Waals surface area contributed by atoms with Crippen molar-refractivity contribution < 1.29 is 4.79 Å². The Labute approximate surface area is 201 Å². The van der Waals surface area contributed by atoms with Crippen LogP contribution in [0.5, 0.6) is 0 Å². The highest BCUT2D eigenvalue weighted by Crippen LogP contribution is 2.27. The number of halogens is 1. The fourth-order valence-corrected chi connectivity index (χ4v) is 4.46. The molecular weight excluding hydrogens is 448 g/mol. The topological polar surface area (TPSA) is 68.9 Å². The average Bonchev–Trinajstić information content (AvgIpc) is 3.16. The van der Waals surface area contributed by atoms with E-state index in [2.05, 4.69) is 29.5 Å². The molecule has 5 aromatic rings. The van der Waals surface area contributed by atoms with Gasteiger partial charge in [-0.2, -0.15) is 5.10 Å². The Morgan fingerprint density at radius 2 is 1.65 bits per heavy atom. The van der Waals surface area contributed by atoms with Gasteiger partial charge in [0.1, 0.15) is 12.1 Å². The minimum atomic E-state index is -0.310. The Balaban J connectivity index is 1.51. The zero-order valence-corrected chi connectivity index (χ0v) is 19.4. The molecule has 34 heavy (non-hydrogen) atoms. The Morgan fingerprint density at radius 3 is 2.44 bits per heavy atom. The molecule has 0 bridgehead atoms. The van der Waals surface area contributed by atoms with E-state index in [-0.39, 0.29) is 24.6 Å². The second-order valence-corrected chi connectivity index (χ2v) is 8.67. The summed E-state index contributed by atoms with van der Waals surface area (Å²) < 4.78 is 3.24. The highest BCUT2D eigenvalue weighted by molar-refractivity contribution is 6.31. The van der Waals surface area contributed by atoms with Crippen molar-refractivity contribution in [3.05, 3.63) is 111 Å². The Kier molecular flexibility index (Phi) is 5.90. The molecule has 0 saturated carbocycles. The van der Waals surface area contributed by atoms with E-state index in [4.69, 9.17) is 11.6 Å². The van der Waals surface area contributed by atoms with Crippen LogP contribution in [0.25, 0.3) is 21.8 Å². The summed E-state index contributed by atoms with van der Waals surface area (Å²) in [6.07, 6.45) is 1.68. The summed E-state index contributed by atoms with van der Waals surface area (Å²) in [6, 6.07) is 23.4. The largest absolute Gasteiger partial charge is 0.350 e. The zero-order valence-electron chi connectivity index (χ0n) is 18.7. The molecule has 0 aliphatic carbocycles. The summed E-state index contributed by atoms with van der Waals surface area (Å²) in [4.78, 5) is 26.2. The van der Waals surface area contributed by atoms with Crippen LogP contribution >= 0.6 is 11.6 Å². The molecule has 0 spiro atoms. The van der Waals surface area contributed by atoms with Gasteiger partial charge in [0.15, 0.2) is 0 Å². The number of benzene rings is 3. The van der Waals surface area contributed by atoms with E-state index in [1.54, 1.807) is 12.3 Å². The van der Waals surface area contributed by atoms with Gasteiger partial charge in [-0.15, -0.1) is 0 Å². The van der Waals surface area contributed by atoms with E-state index in [1.807, 2.05) is 59.2 Å². The molecule has 5 rings (SSSR count). The Morgan fingerprint density at radius 1 is 0.941 bits per heavy atom. The summed E-state index contributed by atoms with van der Waals surface area (Å²) in [5.74, 6) is -0.310. The van der Waals surface area contributed by atoms with Crippen molar-refractivity contribution in [2.24, 2.45) is 0 Å². The fourth-order valence-electron chi connectivity index (χ4n) is 4.26. The molecule has 0 fully saturated rings. The standard InChI is InChI=1S/C27H23ClN4O2/c1-18-8-2-3-10-20(18)16-31-24-13-7-5-11-21(24)22-15-30-32(27(34)26(22)31)17-25(33)29-14-19-9-4-6-12-23(19)28/h2-13,15H,14,16-17H2,1H3,(H,29,33). The van der Waals surface area contributed by atoms with E-state index >= 15 is 0 Å². The minimum absolute atomic E-state index is 0.175. The number of rotatable bonds is 6. The molecule has 0 saturated heterocycles. The van der Waals surface area contributed by atoms with Crippen molar-refractivity contribution in [3.8, 4) is 0 Å². The van der Waals surface area contributed by atoms with Crippen LogP contribution in [0.15, 0.2) is 83.8 Å². The maximum atomic E-state index is 13.5. The van der Waals surface area contributed by atoms with Gasteiger partial charge in [-0.05, 0) is 35.7 Å². The van der Waals surface area contributed by atoms with Crippen molar-refractivity contribution >= 4 is 39.3 Å². The molecule has 2 heterocycles. The van der Waals surface area contributed by atoms with Crippen LogP contribution in [0.4, 0.5) is 0 Å². The van der Waals surface area contributed by atoms with Crippen molar-refractivity contribution in [2.75, 3.05) is 0 Å². The number of para-hydroxylation sites is 1. The van der Waals surface area contributed by atoms with Crippen LogP contribution in [0.1, 0.15) is 16.7 Å². The van der Waals surface area contributed by atoms with Crippen LogP contribution in [-0.2, 0) is 24.4 Å². The van der Waals surface area contributed by atoms with E-state index in [9.17, 15) is 9.59 Å². The van der Waals surface area contributed by atoms with Gasteiger partial charge in [0.2, 0.25) is 5.91 Å². The first-order valence-corrected chi connectivity index (χ1v) is 11.4. The SMILES string of the molecule is Cc1ccccc1Cn1c2ccccc2c2cnn(CC(=O)NCc3ccccc3Cl)c(=O)c21. The molecule has 0 aliphatic heterocycles. The normalized spacial score (nSPS) is 11.2.